The van der Waals surface area contributed by atoms with E-state index < -0.39 is 10.8 Å². The highest BCUT2D eigenvalue weighted by atomic mass is 35.5. The van der Waals surface area contributed by atoms with Crippen LogP contribution in [0.2, 0.25) is 5.02 Å². The summed E-state index contributed by atoms with van der Waals surface area (Å²) < 4.78 is 0. The molecule has 0 atom stereocenters. The first-order valence-electron chi connectivity index (χ1n) is 9.19. The average molecular weight is 431 g/mol. The Bertz CT molecular complexity index is 1020. The lowest BCUT2D eigenvalue weighted by Crippen LogP contribution is -2.33. The number of hydrogen-bond acceptors (Lipinski definition) is 6. The van der Waals surface area contributed by atoms with Gasteiger partial charge in [-0.2, -0.15) is 0 Å². The monoisotopic (exact) mass is 430 g/mol. The second-order valence-electron chi connectivity index (χ2n) is 6.77. The maximum absolute atomic E-state index is 12.5. The molecule has 0 bridgehead atoms. The first-order valence-corrected chi connectivity index (χ1v) is 9.57. The summed E-state index contributed by atoms with van der Waals surface area (Å²) in [5.74, 6) is -1.01. The lowest BCUT2D eigenvalue weighted by molar-refractivity contribution is -0.384. The molecule has 2 aromatic rings. The van der Waals surface area contributed by atoms with Crippen molar-refractivity contribution in [1.29, 1.82) is 0 Å². The zero-order valence-electron chi connectivity index (χ0n) is 16.1. The van der Waals surface area contributed by atoms with Gasteiger partial charge in [-0.25, -0.2) is 0 Å². The third kappa shape index (κ3) is 4.74. The van der Waals surface area contributed by atoms with Crippen LogP contribution in [0.3, 0.4) is 0 Å². The van der Waals surface area contributed by atoms with E-state index >= 15 is 0 Å². The number of halogens is 1. The highest BCUT2D eigenvalue weighted by Crippen LogP contribution is 2.27. The number of likely N-dealkylation sites (tertiary alicyclic amines) is 1. The third-order valence-electron chi connectivity index (χ3n) is 4.71. The smallest absolute Gasteiger partial charge is 0.293 e. The Kier molecular flexibility index (Phi) is 6.31. The van der Waals surface area contributed by atoms with E-state index in [1.807, 2.05) is 0 Å². The number of nitro groups is 1. The quantitative estimate of drug-likeness (QED) is 0.394. The summed E-state index contributed by atoms with van der Waals surface area (Å²) in [7, 11) is 0. The Balaban J connectivity index is 1.72. The van der Waals surface area contributed by atoms with Crippen LogP contribution in [0.1, 0.15) is 28.8 Å². The molecule has 3 amide bonds. The molecule has 10 heteroatoms. The summed E-state index contributed by atoms with van der Waals surface area (Å²) in [5.41, 5.74) is 1.32. The second-order valence-corrected chi connectivity index (χ2v) is 7.20. The molecule has 0 aromatic heterocycles. The predicted octanol–water partition coefficient (Wildman–Crippen LogP) is 3.37. The molecule has 2 N–H and O–H groups in total. The van der Waals surface area contributed by atoms with Crippen molar-refractivity contribution in [3.05, 3.63) is 62.7 Å². The van der Waals surface area contributed by atoms with Crippen LogP contribution in [0.15, 0.2) is 36.4 Å². The van der Waals surface area contributed by atoms with Gasteiger partial charge in [0.25, 0.3) is 11.6 Å². The molecule has 2 aromatic carbocycles. The SMILES string of the molecule is Cc1ccc(Cl)cc1NC(=O)c1ccc(NCCN2C(=O)CCC2=O)c([N+](=O)[O-])c1. The largest absolute Gasteiger partial charge is 0.378 e. The maximum Gasteiger partial charge on any atom is 0.293 e. The standard InChI is InChI=1S/C20H19ClN4O5/c1-12-2-4-14(21)11-16(12)23-20(28)13-3-5-15(17(10-13)25(29)30)22-8-9-24-18(26)6-7-19(24)27/h2-5,10-11,22H,6-9H2,1H3,(H,23,28). The number of benzene rings is 2. The number of carbonyl (C=O) groups is 3. The Morgan fingerprint density at radius 2 is 1.83 bits per heavy atom. The van der Waals surface area contributed by atoms with Crippen molar-refractivity contribution in [1.82, 2.24) is 4.90 Å². The number of hydrogen-bond donors (Lipinski definition) is 2. The minimum atomic E-state index is -0.601. The maximum atomic E-state index is 12.5. The van der Waals surface area contributed by atoms with Crippen molar-refractivity contribution >= 4 is 46.4 Å². The van der Waals surface area contributed by atoms with Crippen LogP contribution in [-0.4, -0.2) is 40.6 Å². The number of amides is 3. The lowest BCUT2D eigenvalue weighted by Gasteiger charge is -2.15. The van der Waals surface area contributed by atoms with Crippen LogP contribution in [0.4, 0.5) is 17.1 Å². The molecular weight excluding hydrogens is 412 g/mol. The average Bonchev–Trinajstić information content (AvgIpc) is 3.02. The van der Waals surface area contributed by atoms with Crippen LogP contribution >= 0.6 is 11.6 Å². The lowest BCUT2D eigenvalue weighted by atomic mass is 10.1. The predicted molar refractivity (Wildman–Crippen MR) is 112 cm³/mol. The van der Waals surface area contributed by atoms with Gasteiger partial charge in [0.1, 0.15) is 5.69 Å². The normalized spacial score (nSPS) is 13.5. The van der Waals surface area contributed by atoms with Crippen LogP contribution in [-0.2, 0) is 9.59 Å². The molecule has 0 radical (unpaired) electrons. The highest BCUT2D eigenvalue weighted by molar-refractivity contribution is 6.31. The summed E-state index contributed by atoms with van der Waals surface area (Å²) in [5, 5.41) is 17.5. The summed E-state index contributed by atoms with van der Waals surface area (Å²) in [4.78, 5) is 47.8. The van der Waals surface area contributed by atoms with E-state index in [-0.39, 0.29) is 54.7 Å². The molecule has 9 nitrogen and oxygen atoms in total. The zero-order chi connectivity index (χ0) is 21.8. The van der Waals surface area contributed by atoms with Crippen LogP contribution in [0, 0.1) is 17.0 Å². The number of nitro benzene ring substituents is 1. The van der Waals surface area contributed by atoms with E-state index in [9.17, 15) is 24.5 Å². The Morgan fingerprint density at radius 3 is 2.50 bits per heavy atom. The molecule has 0 saturated carbocycles. The van der Waals surface area contributed by atoms with E-state index in [1.54, 1.807) is 25.1 Å². The van der Waals surface area contributed by atoms with Gasteiger partial charge in [0, 0.05) is 48.3 Å². The molecule has 1 aliphatic rings. The molecule has 1 aliphatic heterocycles. The number of nitrogens with one attached hydrogen (secondary N) is 2. The number of rotatable bonds is 7. The second kappa shape index (κ2) is 8.91. The van der Waals surface area contributed by atoms with Crippen LogP contribution in [0.25, 0.3) is 0 Å². The van der Waals surface area contributed by atoms with Crippen molar-refractivity contribution in [3.8, 4) is 0 Å². The number of imide groups is 1. The molecular formula is C20H19ClN4O5. The fourth-order valence-electron chi connectivity index (χ4n) is 3.07. The van der Waals surface area contributed by atoms with Gasteiger partial charge in [-0.1, -0.05) is 17.7 Å². The molecule has 156 valence electrons. The van der Waals surface area contributed by atoms with Crippen molar-refractivity contribution in [3.63, 3.8) is 0 Å². The summed E-state index contributed by atoms with van der Waals surface area (Å²) in [6, 6.07) is 9.09. The Labute approximate surface area is 177 Å². The van der Waals surface area contributed by atoms with Crippen molar-refractivity contribution < 1.29 is 19.3 Å². The van der Waals surface area contributed by atoms with Gasteiger partial charge in [-0.15, -0.1) is 0 Å². The molecule has 0 unspecified atom stereocenters. The van der Waals surface area contributed by atoms with Gasteiger partial charge in [0.2, 0.25) is 11.8 Å². The van der Waals surface area contributed by atoms with Gasteiger partial charge >= 0.3 is 0 Å². The summed E-state index contributed by atoms with van der Waals surface area (Å²) in [6.07, 6.45) is 0.379. The number of carbonyl (C=O) groups excluding carboxylic acids is 3. The molecule has 0 spiro atoms. The molecule has 1 fully saturated rings. The van der Waals surface area contributed by atoms with Gasteiger partial charge < -0.3 is 10.6 Å². The minimum absolute atomic E-state index is 0.108. The molecule has 3 rings (SSSR count). The van der Waals surface area contributed by atoms with Gasteiger partial charge in [-0.3, -0.25) is 29.4 Å². The number of anilines is 2. The number of aryl methyl sites for hydroxylation is 1. The van der Waals surface area contributed by atoms with Crippen molar-refractivity contribution in [2.45, 2.75) is 19.8 Å². The fraction of sp³-hybridized carbons (Fsp3) is 0.250. The van der Waals surface area contributed by atoms with E-state index in [2.05, 4.69) is 10.6 Å². The van der Waals surface area contributed by atoms with Crippen LogP contribution in [0.5, 0.6) is 0 Å². The van der Waals surface area contributed by atoms with E-state index in [0.717, 1.165) is 10.5 Å². The van der Waals surface area contributed by atoms with E-state index in [0.29, 0.717) is 10.7 Å². The molecule has 1 saturated heterocycles. The van der Waals surface area contributed by atoms with Crippen LogP contribution < -0.4 is 10.6 Å². The minimum Gasteiger partial charge on any atom is -0.378 e. The molecule has 1 heterocycles. The van der Waals surface area contributed by atoms with Crippen molar-refractivity contribution in [2.75, 3.05) is 23.7 Å². The van der Waals surface area contributed by atoms with Crippen molar-refractivity contribution in [2.24, 2.45) is 0 Å². The first-order chi connectivity index (χ1) is 14.3. The summed E-state index contributed by atoms with van der Waals surface area (Å²) >= 11 is 5.95. The van der Waals surface area contributed by atoms with Gasteiger partial charge in [0.15, 0.2) is 0 Å². The Hall–Kier alpha value is -3.46. The first kappa shape index (κ1) is 21.3. The topological polar surface area (TPSA) is 122 Å². The van der Waals surface area contributed by atoms with E-state index in [4.69, 9.17) is 11.6 Å². The fourth-order valence-corrected chi connectivity index (χ4v) is 3.24. The zero-order valence-corrected chi connectivity index (χ0v) is 16.9. The molecule has 0 aliphatic carbocycles. The van der Waals surface area contributed by atoms with Gasteiger partial charge in [0.05, 0.1) is 4.92 Å². The molecule has 30 heavy (non-hydrogen) atoms. The number of nitrogens with zero attached hydrogens (tertiary/aromatic N) is 2. The highest BCUT2D eigenvalue weighted by Gasteiger charge is 2.28. The third-order valence-corrected chi connectivity index (χ3v) is 4.95. The van der Waals surface area contributed by atoms with Gasteiger partial charge in [-0.05, 0) is 36.8 Å². The van der Waals surface area contributed by atoms with E-state index in [1.165, 1.54) is 18.2 Å². The summed E-state index contributed by atoms with van der Waals surface area (Å²) in [6.45, 7) is 2.08. The Morgan fingerprint density at radius 1 is 1.13 bits per heavy atom.